The molecule has 0 saturated carbocycles. The number of hydrogen-bond donors (Lipinski definition) is 0. The fourth-order valence-corrected chi connectivity index (χ4v) is 10.5. The van der Waals surface area contributed by atoms with Crippen LogP contribution in [0, 0.1) is 85.3 Å². The molecular weight excluding hydrogens is 1080 g/mol. The predicted octanol–water partition coefficient (Wildman–Crippen LogP) is 15.4. The van der Waals surface area contributed by atoms with Gasteiger partial charge in [-0.3, -0.25) is 0 Å². The molecule has 4 aromatic carbocycles. The van der Waals surface area contributed by atoms with Gasteiger partial charge in [-0.2, -0.15) is 6.67 Å². The maximum absolute atomic E-state index is 5.67. The average molecular weight is 1150 g/mol. The molecule has 0 bridgehead atoms. The second kappa shape index (κ2) is 33.2. The number of nitrogens with zero attached hydrogens (tertiary/aromatic N) is 2. The summed E-state index contributed by atoms with van der Waals surface area (Å²) >= 11 is -4.75. The number of hydrogen-bond acceptors (Lipinski definition) is 2. The van der Waals surface area contributed by atoms with E-state index in [0.717, 1.165) is 24.2 Å². The molecule has 0 amide bonds. The van der Waals surface area contributed by atoms with Crippen LogP contribution in [0.25, 0.3) is 0 Å². The van der Waals surface area contributed by atoms with E-state index in [1.54, 1.807) is 0 Å². The van der Waals surface area contributed by atoms with Gasteiger partial charge in [0.25, 0.3) is 0 Å². The van der Waals surface area contributed by atoms with Crippen LogP contribution in [-0.4, -0.2) is 26.9 Å². The van der Waals surface area contributed by atoms with E-state index in [4.69, 9.17) is 58.1 Å². The molecule has 0 aliphatic carbocycles. The molecule has 0 unspecified atom stereocenters. The Balaban J connectivity index is -0.000000348. The molecule has 4 aromatic rings. The first-order valence-electron chi connectivity index (χ1n) is 15.8. The van der Waals surface area contributed by atoms with Crippen molar-refractivity contribution in [2.45, 2.75) is 55.4 Å². The molecule has 0 N–H and O–H groups in total. The fourth-order valence-electron chi connectivity index (χ4n) is 5.47. The monoisotopic (exact) mass is 1150 g/mol. The van der Waals surface area contributed by atoms with Crippen LogP contribution in [0.3, 0.4) is 0 Å². The van der Waals surface area contributed by atoms with Gasteiger partial charge < -0.3 is 46.9 Å². The first-order valence-corrected chi connectivity index (χ1v) is 32.3. The van der Waals surface area contributed by atoms with Crippen LogP contribution in [0.4, 0.5) is 11.4 Å². The van der Waals surface area contributed by atoms with Crippen molar-refractivity contribution in [2.75, 3.05) is 22.9 Å². The molecular formula is C45H62Cl6N2Ru3-6. The standard InChI is InChI=1S/C21H27N2.2C7H6.C5H8.5CH3.6ClH.3Ru/c1-14-9-16(3)20(17(4)10-14)22-7-8-23(13-22)21-18(5)11-15(2)12-19(21)6;2*1-7-5-3-2-4-6-7;1-4-5(2)3;;;;;;;;;;;;;;/h9-13H,7-8H2,1-6H3;2*1-6H;1,4H,2-3H3;5*1H3;6*1H;;;/q-1;;;;5*-1;;;;;;;3*+2/p-6. The normalized spacial score (nSPS) is 11.4. The van der Waals surface area contributed by atoms with Gasteiger partial charge in [-0.1, -0.05) is 35.4 Å². The van der Waals surface area contributed by atoms with Gasteiger partial charge in [-0.25, -0.2) is 0 Å². The predicted molar refractivity (Wildman–Crippen MR) is 256 cm³/mol. The summed E-state index contributed by atoms with van der Waals surface area (Å²) in [5.74, 6) is 0. The summed E-state index contributed by atoms with van der Waals surface area (Å²) in [6.07, 6.45) is 1.96. The molecule has 56 heavy (non-hydrogen) atoms. The fraction of sp³-hybridized carbons (Fsp3) is 0.222. The van der Waals surface area contributed by atoms with Gasteiger partial charge in [0.2, 0.25) is 0 Å². The Morgan fingerprint density at radius 1 is 0.518 bits per heavy atom. The molecule has 0 radical (unpaired) electrons. The van der Waals surface area contributed by atoms with E-state index in [2.05, 4.69) is 82.3 Å². The van der Waals surface area contributed by atoms with Gasteiger partial charge in [-0.15, -0.1) is 0 Å². The molecule has 11 heteroatoms. The van der Waals surface area contributed by atoms with Crippen molar-refractivity contribution in [3.8, 4) is 0 Å². The topological polar surface area (TPSA) is 6.48 Å². The molecule has 0 atom stereocenters. The van der Waals surface area contributed by atoms with Crippen molar-refractivity contribution in [3.05, 3.63) is 185 Å². The van der Waals surface area contributed by atoms with E-state index in [1.165, 1.54) is 50.3 Å². The zero-order valence-corrected chi connectivity index (χ0v) is 44.9. The zero-order chi connectivity index (χ0) is 38.1. The summed E-state index contributed by atoms with van der Waals surface area (Å²) in [4.78, 5) is 4.81. The summed E-state index contributed by atoms with van der Waals surface area (Å²) in [7, 11) is 33.7. The van der Waals surface area contributed by atoms with E-state index in [9.17, 15) is 0 Å². The Labute approximate surface area is 383 Å². The second-order valence-corrected chi connectivity index (χ2v) is 29.3. The molecule has 1 aliphatic rings. The van der Waals surface area contributed by atoms with E-state index in [0.29, 0.717) is 0 Å². The number of rotatable bonds is 5. The summed E-state index contributed by atoms with van der Waals surface area (Å²) < 4.78 is 5.73. The maximum atomic E-state index is 5.67. The third-order valence-electron chi connectivity index (χ3n) is 7.18. The zero-order valence-electron chi connectivity index (χ0n) is 35.1. The Bertz CT molecular complexity index is 1630. The van der Waals surface area contributed by atoms with Crippen LogP contribution in [0.15, 0.2) is 96.6 Å². The molecule has 324 valence electrons. The van der Waals surface area contributed by atoms with E-state index < -0.39 is 40.6 Å². The van der Waals surface area contributed by atoms with Crippen molar-refractivity contribution in [2.24, 2.45) is 0 Å². The summed E-state index contributed by atoms with van der Waals surface area (Å²) in [5.41, 5.74) is 14.3. The van der Waals surface area contributed by atoms with Crippen LogP contribution in [0.1, 0.15) is 58.4 Å². The molecule has 1 fully saturated rings. The van der Waals surface area contributed by atoms with E-state index in [1.807, 2.05) is 94.4 Å². The van der Waals surface area contributed by atoms with Gasteiger partial charge in [0, 0.05) is 24.5 Å². The number of anilines is 2. The average Bonchev–Trinajstić information content (AvgIpc) is 3.49. The molecule has 1 saturated heterocycles. The number of allylic oxidation sites excluding steroid dienone is 2. The molecule has 2 nitrogen and oxygen atoms in total. The quantitative estimate of drug-likeness (QED) is 0.145. The number of benzene rings is 4. The van der Waals surface area contributed by atoms with Crippen LogP contribution in [0.5, 0.6) is 0 Å². The minimum absolute atomic E-state index is 0. The van der Waals surface area contributed by atoms with E-state index in [-0.39, 0.29) is 37.1 Å². The Hall–Kier alpha value is -0.560. The third-order valence-corrected chi connectivity index (χ3v) is 12.7. The number of aryl methyl sites for hydroxylation is 6. The second-order valence-electron chi connectivity index (χ2n) is 12.0. The Kier molecular flexibility index (Phi) is 36.8. The van der Waals surface area contributed by atoms with Crippen LogP contribution < -0.4 is 9.80 Å². The minimum atomic E-state index is -1.61. The molecule has 1 heterocycles. The SMILES string of the molecule is CC(C)=C[CH]=[Ru]([Cl])[Cl].Cc1cc(C)c(N2[CH-]N(c3c(C)cc(C)cc3C)CC2)c(C)c1.[CH3-].[CH3-].[CH3-].[CH3-].[CH3-].[Cl][Ru]([Cl])=[CH]c1ccccc1.[Cl][Ru]([Cl])=[CH]c1ccccc1. The summed E-state index contributed by atoms with van der Waals surface area (Å²) in [6.45, 7) is 21.6. The molecule has 0 spiro atoms. The molecule has 0 aromatic heterocycles. The van der Waals surface area contributed by atoms with Crippen molar-refractivity contribution in [3.63, 3.8) is 0 Å². The number of halogens is 6. The van der Waals surface area contributed by atoms with Gasteiger partial charge in [-0.05, 0) is 63.8 Å². The van der Waals surface area contributed by atoms with Gasteiger partial charge in [0.05, 0.1) is 0 Å². The van der Waals surface area contributed by atoms with Crippen LogP contribution in [0.2, 0.25) is 0 Å². The first-order chi connectivity index (χ1) is 24.1. The Morgan fingerprint density at radius 2 is 0.821 bits per heavy atom. The van der Waals surface area contributed by atoms with Gasteiger partial charge in [0.15, 0.2) is 0 Å². The van der Waals surface area contributed by atoms with Gasteiger partial charge >= 0.3 is 210 Å². The Morgan fingerprint density at radius 3 is 1.05 bits per heavy atom. The molecule has 5 rings (SSSR count). The summed E-state index contributed by atoms with van der Waals surface area (Å²) in [5, 5.41) is 0. The van der Waals surface area contributed by atoms with Crippen molar-refractivity contribution < 1.29 is 40.6 Å². The first kappa shape index (κ1) is 62.1. The van der Waals surface area contributed by atoms with Crippen molar-refractivity contribution in [1.29, 1.82) is 0 Å². The van der Waals surface area contributed by atoms with E-state index >= 15 is 0 Å². The van der Waals surface area contributed by atoms with Gasteiger partial charge in [0.1, 0.15) is 0 Å². The van der Waals surface area contributed by atoms with Crippen LogP contribution in [-0.2, 0) is 40.6 Å². The molecule has 1 aliphatic heterocycles. The summed E-state index contributed by atoms with van der Waals surface area (Å²) in [6, 6.07) is 28.9. The third kappa shape index (κ3) is 24.5. The van der Waals surface area contributed by atoms with Crippen molar-refractivity contribution in [1.82, 2.24) is 0 Å². The van der Waals surface area contributed by atoms with Crippen molar-refractivity contribution >= 4 is 83.3 Å². The van der Waals surface area contributed by atoms with Crippen LogP contribution >= 0.6 is 58.1 Å².